The Labute approximate surface area is 88.4 Å². The summed E-state index contributed by atoms with van der Waals surface area (Å²) in [6, 6.07) is 4.70. The number of methoxy groups -OCH3 is 1. The summed E-state index contributed by atoms with van der Waals surface area (Å²) in [7, 11) is 1.57. The minimum Gasteiger partial charge on any atom is -0.497 e. The highest BCUT2D eigenvalue weighted by Gasteiger charge is 2.15. The van der Waals surface area contributed by atoms with Crippen LogP contribution >= 0.6 is 11.6 Å². The molecule has 0 fully saturated rings. The molecule has 0 heterocycles. The fraction of sp³-hybridized carbons (Fsp3) is 0.400. The van der Waals surface area contributed by atoms with Gasteiger partial charge in [0.25, 0.3) is 0 Å². The van der Waals surface area contributed by atoms with Crippen molar-refractivity contribution in [1.29, 1.82) is 0 Å². The van der Waals surface area contributed by atoms with E-state index in [1.807, 2.05) is 0 Å². The molecule has 1 aromatic rings. The number of aliphatic hydroxyl groups excluding tert-OH is 1. The van der Waals surface area contributed by atoms with Crippen molar-refractivity contribution in [3.8, 4) is 5.75 Å². The summed E-state index contributed by atoms with van der Waals surface area (Å²) >= 11 is 5.95. The van der Waals surface area contributed by atoms with Crippen molar-refractivity contribution in [3.63, 3.8) is 0 Å². The molecular formula is C10H14ClNO2. The Bertz CT molecular complexity index is 315. The van der Waals surface area contributed by atoms with Gasteiger partial charge in [0, 0.05) is 5.02 Å². The average Bonchev–Trinajstić information content (AvgIpc) is 2.17. The molecule has 0 saturated carbocycles. The molecule has 2 atom stereocenters. The average molecular weight is 216 g/mol. The number of hydrogen-bond donors (Lipinski definition) is 2. The van der Waals surface area contributed by atoms with Crippen LogP contribution in [-0.4, -0.2) is 18.3 Å². The molecule has 14 heavy (non-hydrogen) atoms. The van der Waals surface area contributed by atoms with E-state index in [-0.39, 0.29) is 0 Å². The van der Waals surface area contributed by atoms with Gasteiger partial charge in [0.15, 0.2) is 0 Å². The smallest absolute Gasteiger partial charge is 0.119 e. The zero-order valence-electron chi connectivity index (χ0n) is 8.20. The van der Waals surface area contributed by atoms with Crippen LogP contribution in [0.1, 0.15) is 18.5 Å². The summed E-state index contributed by atoms with van der Waals surface area (Å²) in [5, 5.41) is 9.88. The molecule has 1 aromatic carbocycles. The molecule has 3 nitrogen and oxygen atoms in total. The molecule has 0 aliphatic rings. The van der Waals surface area contributed by atoms with E-state index >= 15 is 0 Å². The second-order valence-electron chi connectivity index (χ2n) is 3.15. The zero-order valence-corrected chi connectivity index (χ0v) is 8.95. The van der Waals surface area contributed by atoms with Crippen LogP contribution in [0.25, 0.3) is 0 Å². The molecule has 0 unspecified atom stereocenters. The molecule has 78 valence electrons. The van der Waals surface area contributed by atoms with Crippen LogP contribution < -0.4 is 10.5 Å². The number of nitrogens with two attached hydrogens (primary N) is 1. The lowest BCUT2D eigenvalue weighted by atomic mass is 10.0. The highest BCUT2D eigenvalue weighted by Crippen LogP contribution is 2.27. The van der Waals surface area contributed by atoms with Crippen molar-refractivity contribution in [2.75, 3.05) is 7.11 Å². The van der Waals surface area contributed by atoms with E-state index in [1.54, 1.807) is 32.2 Å². The van der Waals surface area contributed by atoms with Crippen LogP contribution in [0, 0.1) is 0 Å². The maximum Gasteiger partial charge on any atom is 0.119 e. The standard InChI is InChI=1S/C10H14ClNO2/c1-6(13)10(12)8-5-7(14-2)3-4-9(8)11/h3-6,10,13H,12H2,1-2H3/t6-,10-/m1/s1. The summed E-state index contributed by atoms with van der Waals surface area (Å²) in [4.78, 5) is 0. The molecule has 0 amide bonds. The Kier molecular flexibility index (Phi) is 3.75. The van der Waals surface area contributed by atoms with Crippen molar-refractivity contribution in [2.24, 2.45) is 5.73 Å². The van der Waals surface area contributed by atoms with Gasteiger partial charge in [-0.2, -0.15) is 0 Å². The Morgan fingerprint density at radius 3 is 2.64 bits per heavy atom. The maximum absolute atomic E-state index is 9.34. The predicted octanol–water partition coefficient (Wildman–Crippen LogP) is 1.73. The normalized spacial score (nSPS) is 14.9. The lowest BCUT2D eigenvalue weighted by Gasteiger charge is -2.17. The number of ether oxygens (including phenoxy) is 1. The first kappa shape index (κ1) is 11.3. The van der Waals surface area contributed by atoms with Gasteiger partial charge in [-0.25, -0.2) is 0 Å². The van der Waals surface area contributed by atoms with Crippen molar-refractivity contribution >= 4 is 11.6 Å². The Morgan fingerprint density at radius 2 is 2.14 bits per heavy atom. The number of benzene rings is 1. The van der Waals surface area contributed by atoms with Crippen LogP contribution in [0.2, 0.25) is 5.02 Å². The number of halogens is 1. The van der Waals surface area contributed by atoms with Gasteiger partial charge in [0.1, 0.15) is 5.75 Å². The molecule has 0 aliphatic heterocycles. The maximum atomic E-state index is 9.34. The number of hydrogen-bond acceptors (Lipinski definition) is 3. The van der Waals surface area contributed by atoms with Gasteiger partial charge >= 0.3 is 0 Å². The van der Waals surface area contributed by atoms with Gasteiger partial charge in [0.05, 0.1) is 19.3 Å². The van der Waals surface area contributed by atoms with Gasteiger partial charge in [-0.1, -0.05) is 11.6 Å². The van der Waals surface area contributed by atoms with Crippen LogP contribution in [0.15, 0.2) is 18.2 Å². The minimum atomic E-state index is -0.639. The highest BCUT2D eigenvalue weighted by atomic mass is 35.5. The molecule has 4 heteroatoms. The van der Waals surface area contributed by atoms with Crippen LogP contribution in [0.5, 0.6) is 5.75 Å². The van der Waals surface area contributed by atoms with Crippen molar-refractivity contribution in [1.82, 2.24) is 0 Å². The van der Waals surface area contributed by atoms with Gasteiger partial charge < -0.3 is 15.6 Å². The largest absolute Gasteiger partial charge is 0.497 e. The molecular weight excluding hydrogens is 202 g/mol. The number of aliphatic hydroxyl groups is 1. The van der Waals surface area contributed by atoms with Crippen molar-refractivity contribution in [3.05, 3.63) is 28.8 Å². The molecule has 0 radical (unpaired) electrons. The SMILES string of the molecule is COc1ccc(Cl)c([C@H](N)[C@@H](C)O)c1. The van der Waals surface area contributed by atoms with E-state index in [1.165, 1.54) is 0 Å². The second kappa shape index (κ2) is 4.64. The van der Waals surface area contributed by atoms with Gasteiger partial charge in [-0.15, -0.1) is 0 Å². The molecule has 0 spiro atoms. The van der Waals surface area contributed by atoms with E-state index in [0.717, 1.165) is 0 Å². The second-order valence-corrected chi connectivity index (χ2v) is 3.56. The topological polar surface area (TPSA) is 55.5 Å². The fourth-order valence-electron chi connectivity index (χ4n) is 1.16. The van der Waals surface area contributed by atoms with E-state index in [9.17, 15) is 5.11 Å². The van der Waals surface area contributed by atoms with Crippen molar-refractivity contribution < 1.29 is 9.84 Å². The predicted molar refractivity (Wildman–Crippen MR) is 56.6 cm³/mol. The Hall–Kier alpha value is -0.770. The van der Waals surface area contributed by atoms with E-state index in [4.69, 9.17) is 22.1 Å². The molecule has 3 N–H and O–H groups in total. The minimum absolute atomic E-state index is 0.488. The quantitative estimate of drug-likeness (QED) is 0.808. The lowest BCUT2D eigenvalue weighted by molar-refractivity contribution is 0.164. The Balaban J connectivity index is 3.05. The third kappa shape index (κ3) is 2.38. The molecule has 0 aromatic heterocycles. The molecule has 1 rings (SSSR count). The first-order valence-corrected chi connectivity index (χ1v) is 4.71. The monoisotopic (exact) mass is 215 g/mol. The highest BCUT2D eigenvalue weighted by molar-refractivity contribution is 6.31. The lowest BCUT2D eigenvalue weighted by Crippen LogP contribution is -2.23. The van der Waals surface area contributed by atoms with E-state index < -0.39 is 12.1 Å². The first-order valence-electron chi connectivity index (χ1n) is 4.33. The summed E-state index contributed by atoms with van der Waals surface area (Å²) < 4.78 is 5.04. The van der Waals surface area contributed by atoms with Gasteiger partial charge in [-0.05, 0) is 30.7 Å². The summed E-state index contributed by atoms with van der Waals surface area (Å²) in [5.41, 5.74) is 6.47. The number of rotatable bonds is 3. The van der Waals surface area contributed by atoms with Crippen molar-refractivity contribution in [2.45, 2.75) is 19.1 Å². The van der Waals surface area contributed by atoms with Gasteiger partial charge in [-0.3, -0.25) is 0 Å². The summed E-state index contributed by atoms with van der Waals surface area (Å²) in [5.74, 6) is 0.681. The van der Waals surface area contributed by atoms with E-state index in [0.29, 0.717) is 16.3 Å². The van der Waals surface area contributed by atoms with Crippen LogP contribution in [-0.2, 0) is 0 Å². The molecule has 0 bridgehead atoms. The summed E-state index contributed by atoms with van der Waals surface area (Å²) in [6.07, 6.45) is -0.639. The fourth-order valence-corrected chi connectivity index (χ4v) is 1.41. The molecule has 0 aliphatic carbocycles. The first-order chi connectivity index (χ1) is 6.56. The summed E-state index contributed by atoms with van der Waals surface area (Å²) in [6.45, 7) is 1.63. The van der Waals surface area contributed by atoms with Crippen LogP contribution in [0.3, 0.4) is 0 Å². The van der Waals surface area contributed by atoms with Gasteiger partial charge in [0.2, 0.25) is 0 Å². The third-order valence-corrected chi connectivity index (χ3v) is 2.43. The van der Waals surface area contributed by atoms with E-state index in [2.05, 4.69) is 0 Å². The molecule has 0 saturated heterocycles. The Morgan fingerprint density at radius 1 is 1.50 bits per heavy atom. The van der Waals surface area contributed by atoms with Crippen LogP contribution in [0.4, 0.5) is 0 Å². The zero-order chi connectivity index (χ0) is 10.7. The third-order valence-electron chi connectivity index (χ3n) is 2.08.